The second-order valence-corrected chi connectivity index (χ2v) is 4.54. The highest BCUT2D eigenvalue weighted by Gasteiger charge is 2.20. The van der Waals surface area contributed by atoms with Crippen LogP contribution in [0, 0.1) is 5.92 Å². The Morgan fingerprint density at radius 3 is 2.18 bits per heavy atom. The average molecular weight is 264 g/mol. The minimum atomic E-state index is -0.812. The van der Waals surface area contributed by atoms with E-state index >= 15 is 0 Å². The summed E-state index contributed by atoms with van der Waals surface area (Å²) in [6.45, 7) is 4.22. The molecule has 1 amide bonds. The summed E-state index contributed by atoms with van der Waals surface area (Å²) in [6, 6.07) is 0. The molecule has 0 rings (SSSR count). The topological polar surface area (TPSA) is 55.4 Å². The van der Waals surface area contributed by atoms with E-state index in [1.807, 2.05) is 0 Å². The second kappa shape index (κ2) is 9.28. The number of rotatable bonds is 8. The lowest BCUT2D eigenvalue weighted by Gasteiger charge is -2.16. The first-order valence-electron chi connectivity index (χ1n) is 6.06. The summed E-state index contributed by atoms with van der Waals surface area (Å²) in [5, 5.41) is 1.88. The van der Waals surface area contributed by atoms with Crippen LogP contribution in [0.4, 0.5) is 0 Å². The number of carbonyl (C=O) groups is 2. The van der Waals surface area contributed by atoms with Gasteiger partial charge in [-0.05, 0) is 12.8 Å². The lowest BCUT2D eigenvalue weighted by atomic mass is 9.97. The lowest BCUT2D eigenvalue weighted by Crippen LogP contribution is -2.37. The quantitative estimate of drug-likeness (QED) is 0.539. The fraction of sp³-hybridized carbons (Fsp3) is 0.833. The predicted octanol–water partition coefficient (Wildman–Crippen LogP) is 2.10. The molecule has 1 atom stereocenters. The number of carbonyl (C=O) groups excluding carboxylic acids is 2. The van der Waals surface area contributed by atoms with E-state index < -0.39 is 11.3 Å². The van der Waals surface area contributed by atoms with Gasteiger partial charge in [0.1, 0.15) is 5.38 Å². The fourth-order valence-corrected chi connectivity index (χ4v) is 1.82. The first-order valence-corrected chi connectivity index (χ1v) is 6.50. The molecule has 1 unspecified atom stereocenters. The van der Waals surface area contributed by atoms with Crippen LogP contribution in [0.1, 0.15) is 39.5 Å². The zero-order valence-electron chi connectivity index (χ0n) is 10.8. The predicted molar refractivity (Wildman–Crippen MR) is 68.0 cm³/mol. The van der Waals surface area contributed by atoms with Crippen LogP contribution in [-0.4, -0.2) is 30.9 Å². The molecule has 0 bridgehead atoms. The molecule has 1 N–H and O–H groups in total. The molecular weight excluding hydrogens is 242 g/mol. The Bertz CT molecular complexity index is 240. The van der Waals surface area contributed by atoms with Gasteiger partial charge in [0.05, 0.1) is 7.11 Å². The van der Waals surface area contributed by atoms with Gasteiger partial charge >= 0.3 is 5.97 Å². The van der Waals surface area contributed by atoms with Crippen molar-refractivity contribution in [2.75, 3.05) is 13.7 Å². The number of nitrogens with one attached hydrogen (secondary N) is 1. The van der Waals surface area contributed by atoms with E-state index in [2.05, 4.69) is 23.9 Å². The minimum Gasteiger partial charge on any atom is -0.468 e. The molecule has 0 aliphatic heterocycles. The Morgan fingerprint density at radius 2 is 1.76 bits per heavy atom. The zero-order chi connectivity index (χ0) is 13.3. The molecule has 100 valence electrons. The molecule has 0 saturated carbocycles. The van der Waals surface area contributed by atoms with Gasteiger partial charge in [-0.15, -0.1) is 11.6 Å². The van der Waals surface area contributed by atoms with Crippen LogP contribution in [0.3, 0.4) is 0 Å². The normalized spacial score (nSPS) is 12.3. The average Bonchev–Trinajstić information content (AvgIpc) is 2.34. The van der Waals surface area contributed by atoms with Crippen molar-refractivity contribution in [1.29, 1.82) is 0 Å². The molecule has 4 nitrogen and oxygen atoms in total. The fourth-order valence-electron chi connectivity index (χ4n) is 1.65. The highest BCUT2D eigenvalue weighted by molar-refractivity contribution is 6.30. The first-order chi connectivity index (χ1) is 8.06. The lowest BCUT2D eigenvalue weighted by molar-refractivity contribution is -0.140. The van der Waals surface area contributed by atoms with Crippen molar-refractivity contribution in [2.45, 2.75) is 44.9 Å². The number of ether oxygens (including phenoxy) is 1. The molecular formula is C12H22ClNO3. The number of hydrogen-bond donors (Lipinski definition) is 1. The van der Waals surface area contributed by atoms with E-state index in [1.165, 1.54) is 7.11 Å². The van der Waals surface area contributed by atoms with Crippen molar-refractivity contribution in [3.8, 4) is 0 Å². The van der Waals surface area contributed by atoms with Crippen molar-refractivity contribution >= 4 is 23.5 Å². The molecule has 0 aliphatic rings. The monoisotopic (exact) mass is 263 g/mol. The van der Waals surface area contributed by atoms with Crippen LogP contribution in [0.2, 0.25) is 0 Å². The van der Waals surface area contributed by atoms with Crippen LogP contribution in [0.25, 0.3) is 0 Å². The SMILES string of the molecule is CCCC(CCC)C(=O)NCC(Cl)C(=O)OC. The number of methoxy groups -OCH3 is 1. The summed E-state index contributed by atoms with van der Waals surface area (Å²) in [4.78, 5) is 22.9. The number of hydrogen-bond acceptors (Lipinski definition) is 3. The molecule has 0 aromatic carbocycles. The van der Waals surface area contributed by atoms with Crippen LogP contribution in [0.5, 0.6) is 0 Å². The zero-order valence-corrected chi connectivity index (χ0v) is 11.5. The van der Waals surface area contributed by atoms with E-state index in [9.17, 15) is 9.59 Å². The highest BCUT2D eigenvalue weighted by atomic mass is 35.5. The Morgan fingerprint density at radius 1 is 1.24 bits per heavy atom. The second-order valence-electron chi connectivity index (χ2n) is 4.01. The summed E-state index contributed by atoms with van der Waals surface area (Å²) in [6.07, 6.45) is 3.68. The summed E-state index contributed by atoms with van der Waals surface area (Å²) in [5.41, 5.74) is 0. The van der Waals surface area contributed by atoms with Gasteiger partial charge in [0.2, 0.25) is 5.91 Å². The maximum atomic E-state index is 11.8. The molecule has 17 heavy (non-hydrogen) atoms. The smallest absolute Gasteiger partial charge is 0.325 e. The Kier molecular flexibility index (Phi) is 8.86. The van der Waals surface area contributed by atoms with E-state index in [4.69, 9.17) is 11.6 Å². The Hall–Kier alpha value is -0.770. The van der Waals surface area contributed by atoms with Gasteiger partial charge in [-0.3, -0.25) is 9.59 Å². The molecule has 0 radical (unpaired) electrons. The van der Waals surface area contributed by atoms with Gasteiger partial charge in [0.25, 0.3) is 0 Å². The Labute approximate surface area is 108 Å². The Balaban J connectivity index is 4.08. The van der Waals surface area contributed by atoms with Crippen molar-refractivity contribution in [3.05, 3.63) is 0 Å². The van der Waals surface area contributed by atoms with Crippen molar-refractivity contribution in [3.63, 3.8) is 0 Å². The van der Waals surface area contributed by atoms with Gasteiger partial charge in [0.15, 0.2) is 0 Å². The van der Waals surface area contributed by atoms with E-state index in [0.717, 1.165) is 25.7 Å². The molecule has 0 heterocycles. The van der Waals surface area contributed by atoms with Gasteiger partial charge in [0, 0.05) is 12.5 Å². The number of amides is 1. The van der Waals surface area contributed by atoms with Crippen molar-refractivity contribution < 1.29 is 14.3 Å². The standard InChI is InChI=1S/C12H22ClNO3/c1-4-6-9(7-5-2)11(15)14-8-10(13)12(16)17-3/h9-10H,4-8H2,1-3H3,(H,14,15). The van der Waals surface area contributed by atoms with E-state index in [0.29, 0.717) is 0 Å². The van der Waals surface area contributed by atoms with Crippen molar-refractivity contribution in [1.82, 2.24) is 5.32 Å². The first kappa shape index (κ1) is 16.2. The van der Waals surface area contributed by atoms with E-state index in [-0.39, 0.29) is 18.4 Å². The maximum absolute atomic E-state index is 11.8. The third kappa shape index (κ3) is 6.51. The largest absolute Gasteiger partial charge is 0.468 e. The van der Waals surface area contributed by atoms with Gasteiger partial charge < -0.3 is 10.1 Å². The van der Waals surface area contributed by atoms with Crippen LogP contribution in [-0.2, 0) is 14.3 Å². The molecule has 0 aliphatic carbocycles. The molecule has 0 saturated heterocycles. The summed E-state index contributed by atoms with van der Waals surface area (Å²) >= 11 is 5.75. The molecule has 0 fully saturated rings. The van der Waals surface area contributed by atoms with Crippen LogP contribution >= 0.6 is 11.6 Å². The molecule has 0 aromatic rings. The summed E-state index contributed by atoms with van der Waals surface area (Å²) in [7, 11) is 1.27. The number of esters is 1. The maximum Gasteiger partial charge on any atom is 0.325 e. The van der Waals surface area contributed by atoms with Gasteiger partial charge in [-0.2, -0.15) is 0 Å². The van der Waals surface area contributed by atoms with Crippen LogP contribution < -0.4 is 5.32 Å². The van der Waals surface area contributed by atoms with Crippen LogP contribution in [0.15, 0.2) is 0 Å². The molecule has 5 heteroatoms. The van der Waals surface area contributed by atoms with E-state index in [1.54, 1.807) is 0 Å². The third-order valence-corrected chi connectivity index (χ3v) is 2.89. The highest BCUT2D eigenvalue weighted by Crippen LogP contribution is 2.13. The number of alkyl halides is 1. The molecule has 0 spiro atoms. The number of halogens is 1. The summed E-state index contributed by atoms with van der Waals surface area (Å²) < 4.78 is 4.48. The van der Waals surface area contributed by atoms with Gasteiger partial charge in [-0.25, -0.2) is 0 Å². The van der Waals surface area contributed by atoms with Gasteiger partial charge in [-0.1, -0.05) is 26.7 Å². The van der Waals surface area contributed by atoms with Crippen molar-refractivity contribution in [2.24, 2.45) is 5.92 Å². The summed E-state index contributed by atoms with van der Waals surface area (Å²) in [5.74, 6) is -0.524. The third-order valence-electron chi connectivity index (χ3n) is 2.56. The minimum absolute atomic E-state index is 0.0199. The molecule has 0 aromatic heterocycles.